The predicted octanol–water partition coefficient (Wildman–Crippen LogP) is 0.545. The normalized spacial score (nSPS) is 11.6. The highest BCUT2D eigenvalue weighted by molar-refractivity contribution is 7.89. The Bertz CT molecular complexity index is 606. The van der Waals surface area contributed by atoms with E-state index in [2.05, 4.69) is 0 Å². The average molecular weight is 320 g/mol. The molecular formula is C11H16N2O5S2. The topological polar surface area (TPSA) is 95.0 Å². The van der Waals surface area contributed by atoms with Crippen molar-refractivity contribution in [1.29, 1.82) is 0 Å². The van der Waals surface area contributed by atoms with Crippen molar-refractivity contribution >= 4 is 33.2 Å². The first-order chi connectivity index (χ1) is 9.20. The van der Waals surface area contributed by atoms with Crippen LogP contribution in [0.2, 0.25) is 0 Å². The molecule has 0 spiro atoms. The third-order valence-electron chi connectivity index (χ3n) is 2.59. The van der Waals surface area contributed by atoms with Crippen molar-refractivity contribution < 1.29 is 23.1 Å². The van der Waals surface area contributed by atoms with Crippen molar-refractivity contribution in [3.8, 4) is 0 Å². The summed E-state index contributed by atoms with van der Waals surface area (Å²) in [6, 6.07) is 1.10. The lowest BCUT2D eigenvalue weighted by molar-refractivity contribution is -0.128. The molecule has 0 saturated carbocycles. The number of likely N-dealkylation sites (N-methyl/N-ethyl adjacent to an activating group) is 2. The number of hydrogen-bond acceptors (Lipinski definition) is 5. The van der Waals surface area contributed by atoms with E-state index in [9.17, 15) is 18.0 Å². The van der Waals surface area contributed by atoms with E-state index < -0.39 is 16.0 Å². The van der Waals surface area contributed by atoms with Gasteiger partial charge in [0, 0.05) is 26.0 Å². The van der Waals surface area contributed by atoms with Crippen molar-refractivity contribution in [3.05, 3.63) is 16.3 Å². The number of hydrogen-bond donors (Lipinski definition) is 1. The first kappa shape index (κ1) is 16.6. The van der Waals surface area contributed by atoms with Crippen LogP contribution in [0.4, 0.5) is 0 Å². The van der Waals surface area contributed by atoms with Gasteiger partial charge in [-0.15, -0.1) is 11.3 Å². The van der Waals surface area contributed by atoms with E-state index in [1.807, 2.05) is 0 Å². The number of aromatic carboxylic acids is 1. The van der Waals surface area contributed by atoms with E-state index in [0.29, 0.717) is 0 Å². The SMILES string of the molecule is CCN(CC(=O)N(C)C)S(=O)(=O)c1csc(C(=O)O)c1. The molecule has 0 aliphatic carbocycles. The van der Waals surface area contributed by atoms with Crippen LogP contribution < -0.4 is 0 Å². The molecule has 112 valence electrons. The van der Waals surface area contributed by atoms with Gasteiger partial charge in [-0.3, -0.25) is 4.79 Å². The maximum atomic E-state index is 12.3. The summed E-state index contributed by atoms with van der Waals surface area (Å²) in [5.74, 6) is -1.52. The molecule has 0 fully saturated rings. The molecule has 0 unspecified atom stereocenters. The van der Waals surface area contributed by atoms with Crippen LogP contribution in [0.5, 0.6) is 0 Å². The Balaban J connectivity index is 3.05. The van der Waals surface area contributed by atoms with Crippen molar-refractivity contribution in [1.82, 2.24) is 9.21 Å². The molecule has 7 nitrogen and oxygen atoms in total. The van der Waals surface area contributed by atoms with Crippen LogP contribution in [0.3, 0.4) is 0 Å². The lowest BCUT2D eigenvalue weighted by Crippen LogP contribution is -2.40. The van der Waals surface area contributed by atoms with E-state index in [0.717, 1.165) is 21.7 Å². The maximum Gasteiger partial charge on any atom is 0.345 e. The molecule has 0 bridgehead atoms. The van der Waals surface area contributed by atoms with Gasteiger partial charge in [-0.1, -0.05) is 6.92 Å². The molecule has 1 aromatic rings. The van der Waals surface area contributed by atoms with Gasteiger partial charge in [0.25, 0.3) is 0 Å². The maximum absolute atomic E-state index is 12.3. The number of carbonyl (C=O) groups excluding carboxylic acids is 1. The van der Waals surface area contributed by atoms with Gasteiger partial charge < -0.3 is 10.0 Å². The molecule has 0 atom stereocenters. The number of amides is 1. The number of rotatable bonds is 6. The largest absolute Gasteiger partial charge is 0.477 e. The van der Waals surface area contributed by atoms with Crippen LogP contribution in [0.15, 0.2) is 16.3 Å². The number of carboxylic acids is 1. The molecule has 0 saturated heterocycles. The zero-order chi connectivity index (χ0) is 15.5. The molecule has 1 amide bonds. The minimum absolute atomic E-state index is 0.0569. The van der Waals surface area contributed by atoms with Crippen molar-refractivity contribution in [2.45, 2.75) is 11.8 Å². The monoisotopic (exact) mass is 320 g/mol. The number of nitrogens with zero attached hydrogens (tertiary/aromatic N) is 2. The van der Waals surface area contributed by atoms with E-state index in [4.69, 9.17) is 5.11 Å². The van der Waals surface area contributed by atoms with Gasteiger partial charge in [-0.25, -0.2) is 13.2 Å². The molecule has 9 heteroatoms. The molecule has 20 heavy (non-hydrogen) atoms. The van der Waals surface area contributed by atoms with Gasteiger partial charge in [-0.05, 0) is 6.07 Å². The summed E-state index contributed by atoms with van der Waals surface area (Å²) < 4.78 is 25.7. The number of carboxylic acid groups (broad SMARTS) is 1. The minimum atomic E-state index is -3.86. The Labute approximate surface area is 121 Å². The zero-order valence-electron chi connectivity index (χ0n) is 11.4. The van der Waals surface area contributed by atoms with Gasteiger partial charge in [-0.2, -0.15) is 4.31 Å². The molecule has 0 aliphatic rings. The highest BCUT2D eigenvalue weighted by atomic mass is 32.2. The highest BCUT2D eigenvalue weighted by Crippen LogP contribution is 2.22. The summed E-state index contributed by atoms with van der Waals surface area (Å²) >= 11 is 0.837. The highest BCUT2D eigenvalue weighted by Gasteiger charge is 2.27. The van der Waals surface area contributed by atoms with E-state index in [-0.39, 0.29) is 28.8 Å². The molecule has 0 aromatic carbocycles. The quantitative estimate of drug-likeness (QED) is 0.825. The molecule has 0 radical (unpaired) electrons. The summed E-state index contributed by atoms with van der Waals surface area (Å²) in [5.41, 5.74) is 0. The number of thiophene rings is 1. The Kier molecular flexibility index (Phi) is 5.26. The second-order valence-corrected chi connectivity index (χ2v) is 7.02. The Morgan fingerprint density at radius 3 is 2.35 bits per heavy atom. The number of sulfonamides is 1. The van der Waals surface area contributed by atoms with Crippen molar-refractivity contribution in [2.75, 3.05) is 27.2 Å². The third kappa shape index (κ3) is 3.56. The summed E-state index contributed by atoms with van der Waals surface area (Å²) in [6.45, 7) is 1.47. The van der Waals surface area contributed by atoms with Crippen LogP contribution in [-0.4, -0.2) is 61.8 Å². The van der Waals surface area contributed by atoms with Crippen LogP contribution in [0.1, 0.15) is 16.6 Å². The van der Waals surface area contributed by atoms with Gasteiger partial charge >= 0.3 is 5.97 Å². The second kappa shape index (κ2) is 6.33. The van der Waals surface area contributed by atoms with Crippen molar-refractivity contribution in [3.63, 3.8) is 0 Å². The van der Waals surface area contributed by atoms with Gasteiger partial charge in [0.2, 0.25) is 15.9 Å². The summed E-state index contributed by atoms with van der Waals surface area (Å²) in [4.78, 5) is 23.6. The molecule has 1 N–H and O–H groups in total. The lowest BCUT2D eigenvalue weighted by atomic mass is 10.5. The minimum Gasteiger partial charge on any atom is -0.477 e. The lowest BCUT2D eigenvalue weighted by Gasteiger charge is -2.21. The first-order valence-corrected chi connectivity index (χ1v) is 8.04. The Morgan fingerprint density at radius 1 is 1.35 bits per heavy atom. The van der Waals surface area contributed by atoms with Gasteiger partial charge in [0.15, 0.2) is 0 Å². The fraction of sp³-hybridized carbons (Fsp3) is 0.455. The molecule has 0 aliphatic heterocycles. The average Bonchev–Trinajstić information content (AvgIpc) is 2.85. The first-order valence-electron chi connectivity index (χ1n) is 5.72. The molecular weight excluding hydrogens is 304 g/mol. The summed E-state index contributed by atoms with van der Waals surface area (Å²) in [6.07, 6.45) is 0. The smallest absolute Gasteiger partial charge is 0.345 e. The predicted molar refractivity (Wildman–Crippen MR) is 74.4 cm³/mol. The molecule has 1 rings (SSSR count). The molecule has 1 heterocycles. The van der Waals surface area contributed by atoms with Crippen LogP contribution in [-0.2, 0) is 14.8 Å². The number of carbonyl (C=O) groups is 2. The van der Waals surface area contributed by atoms with Crippen LogP contribution in [0.25, 0.3) is 0 Å². The van der Waals surface area contributed by atoms with Crippen LogP contribution in [0, 0.1) is 0 Å². The van der Waals surface area contributed by atoms with Gasteiger partial charge in [0.1, 0.15) is 4.88 Å². The summed E-state index contributed by atoms with van der Waals surface area (Å²) in [7, 11) is -0.784. The van der Waals surface area contributed by atoms with Crippen molar-refractivity contribution in [2.24, 2.45) is 0 Å². The van der Waals surface area contributed by atoms with E-state index in [1.165, 1.54) is 24.4 Å². The summed E-state index contributed by atoms with van der Waals surface area (Å²) in [5, 5.41) is 10.1. The van der Waals surface area contributed by atoms with E-state index >= 15 is 0 Å². The van der Waals surface area contributed by atoms with Gasteiger partial charge in [0.05, 0.1) is 11.4 Å². The zero-order valence-corrected chi connectivity index (χ0v) is 13.0. The fourth-order valence-corrected chi connectivity index (χ4v) is 3.87. The Morgan fingerprint density at radius 2 is 1.95 bits per heavy atom. The van der Waals surface area contributed by atoms with E-state index in [1.54, 1.807) is 6.92 Å². The molecule has 1 aromatic heterocycles. The van der Waals surface area contributed by atoms with Crippen LogP contribution >= 0.6 is 11.3 Å². The fourth-order valence-electron chi connectivity index (χ4n) is 1.37. The standard InChI is InChI=1S/C11H16N2O5S2/c1-4-13(6-10(14)12(2)3)20(17,18)8-5-9(11(15)16)19-7-8/h5,7H,4,6H2,1-3H3,(H,15,16). The Hall–Kier alpha value is -1.45. The third-order valence-corrected chi connectivity index (χ3v) is 5.55. The second-order valence-electron chi connectivity index (χ2n) is 4.17.